The van der Waals surface area contributed by atoms with Gasteiger partial charge in [0.2, 0.25) is 5.89 Å². The number of halogens is 1. The van der Waals surface area contributed by atoms with Crippen LogP contribution in [0.2, 0.25) is 5.02 Å². The van der Waals surface area contributed by atoms with Crippen LogP contribution >= 0.6 is 11.6 Å². The van der Waals surface area contributed by atoms with Crippen molar-refractivity contribution in [3.63, 3.8) is 0 Å². The molecule has 0 spiro atoms. The van der Waals surface area contributed by atoms with Crippen LogP contribution in [-0.4, -0.2) is 22.9 Å². The minimum atomic E-state index is -0.638. The molecule has 1 heterocycles. The lowest BCUT2D eigenvalue weighted by molar-refractivity contribution is -0.384. The first-order chi connectivity index (χ1) is 14.4. The molecule has 0 bridgehead atoms. The zero-order valence-electron chi connectivity index (χ0n) is 15.6. The monoisotopic (exact) mass is 423 g/mol. The van der Waals surface area contributed by atoms with Crippen molar-refractivity contribution in [3.8, 4) is 17.2 Å². The van der Waals surface area contributed by atoms with Gasteiger partial charge in [-0.15, -0.1) is 0 Å². The normalized spacial score (nSPS) is 10.7. The molecule has 4 aromatic rings. The molecule has 150 valence electrons. The second kappa shape index (κ2) is 7.84. The van der Waals surface area contributed by atoms with E-state index in [2.05, 4.69) is 10.3 Å². The highest BCUT2D eigenvalue weighted by molar-refractivity contribution is 6.32. The quantitative estimate of drug-likeness (QED) is 0.344. The molecule has 4 rings (SSSR count). The molecule has 0 radical (unpaired) electrons. The fraction of sp³-hybridized carbons (Fsp3) is 0.0476. The maximum absolute atomic E-state index is 12.5. The second-order valence-corrected chi connectivity index (χ2v) is 6.71. The average Bonchev–Trinajstić information content (AvgIpc) is 3.17. The molecule has 0 saturated heterocycles. The van der Waals surface area contributed by atoms with Crippen LogP contribution in [0.5, 0.6) is 5.75 Å². The van der Waals surface area contributed by atoms with Gasteiger partial charge >= 0.3 is 0 Å². The lowest BCUT2D eigenvalue weighted by atomic mass is 10.2. The number of anilines is 1. The van der Waals surface area contributed by atoms with Gasteiger partial charge in [-0.3, -0.25) is 14.9 Å². The van der Waals surface area contributed by atoms with E-state index in [-0.39, 0.29) is 16.3 Å². The van der Waals surface area contributed by atoms with E-state index in [1.807, 2.05) is 12.1 Å². The van der Waals surface area contributed by atoms with E-state index in [9.17, 15) is 14.9 Å². The summed E-state index contributed by atoms with van der Waals surface area (Å²) in [4.78, 5) is 27.3. The zero-order chi connectivity index (χ0) is 21.3. The molecule has 1 N–H and O–H groups in total. The number of carbonyl (C=O) groups excluding carboxylic acids is 1. The molecule has 8 nitrogen and oxygen atoms in total. The van der Waals surface area contributed by atoms with E-state index in [1.54, 1.807) is 37.4 Å². The third-order valence-corrected chi connectivity index (χ3v) is 4.71. The smallest absolute Gasteiger partial charge is 0.288 e. The highest BCUT2D eigenvalue weighted by Gasteiger charge is 2.17. The number of nitro groups is 1. The Hall–Kier alpha value is -3.91. The van der Waals surface area contributed by atoms with Crippen LogP contribution in [-0.2, 0) is 0 Å². The van der Waals surface area contributed by atoms with Crippen molar-refractivity contribution in [2.24, 2.45) is 0 Å². The summed E-state index contributed by atoms with van der Waals surface area (Å²) in [6, 6.07) is 16.2. The number of nitrogens with zero attached hydrogens (tertiary/aromatic N) is 2. The van der Waals surface area contributed by atoms with E-state index >= 15 is 0 Å². The molecule has 0 aliphatic rings. The fourth-order valence-corrected chi connectivity index (χ4v) is 3.05. The summed E-state index contributed by atoms with van der Waals surface area (Å²) in [5, 5.41) is 13.7. The Labute approximate surface area is 175 Å². The maximum Gasteiger partial charge on any atom is 0.288 e. The molecule has 1 aromatic heterocycles. The van der Waals surface area contributed by atoms with Gasteiger partial charge in [0.15, 0.2) is 5.58 Å². The van der Waals surface area contributed by atoms with Gasteiger partial charge in [0.25, 0.3) is 11.6 Å². The van der Waals surface area contributed by atoms with Gasteiger partial charge in [-0.1, -0.05) is 11.6 Å². The number of nitro benzene ring substituents is 1. The van der Waals surface area contributed by atoms with Crippen LogP contribution in [0.3, 0.4) is 0 Å². The molecule has 0 aliphatic carbocycles. The number of hydrogen-bond acceptors (Lipinski definition) is 6. The third-order valence-electron chi connectivity index (χ3n) is 4.39. The van der Waals surface area contributed by atoms with Crippen molar-refractivity contribution in [2.45, 2.75) is 0 Å². The standard InChI is InChI=1S/C21H14ClN3O5/c1-29-15-6-2-12(3-7-15)21-24-17-11-14(5-9-19(17)30-21)23-20(26)13-4-8-16(22)18(10-13)25(27)28/h2-11H,1H3,(H,23,26). The number of hydrogen-bond donors (Lipinski definition) is 1. The van der Waals surface area contributed by atoms with E-state index in [0.717, 1.165) is 17.4 Å². The SMILES string of the molecule is COc1ccc(-c2nc3cc(NC(=O)c4ccc(Cl)c([N+](=O)[O-])c4)ccc3o2)cc1. The van der Waals surface area contributed by atoms with Crippen molar-refractivity contribution < 1.29 is 18.9 Å². The number of nitrogens with one attached hydrogen (secondary N) is 1. The molecule has 0 aliphatic heterocycles. The van der Waals surface area contributed by atoms with Crippen molar-refractivity contribution >= 4 is 40.0 Å². The number of amides is 1. The summed E-state index contributed by atoms with van der Waals surface area (Å²) in [6.07, 6.45) is 0. The van der Waals surface area contributed by atoms with Gasteiger partial charge in [-0.25, -0.2) is 4.98 Å². The summed E-state index contributed by atoms with van der Waals surface area (Å²) in [5.41, 5.74) is 2.15. The topological polar surface area (TPSA) is 108 Å². The maximum atomic E-state index is 12.5. The molecule has 9 heteroatoms. The van der Waals surface area contributed by atoms with Crippen LogP contribution in [0, 0.1) is 10.1 Å². The minimum absolute atomic E-state index is 0.0355. The Bertz CT molecular complexity index is 1270. The highest BCUT2D eigenvalue weighted by atomic mass is 35.5. The zero-order valence-corrected chi connectivity index (χ0v) is 16.3. The van der Waals surface area contributed by atoms with Gasteiger partial charge in [-0.2, -0.15) is 0 Å². The lowest BCUT2D eigenvalue weighted by Gasteiger charge is -2.05. The summed E-state index contributed by atoms with van der Waals surface area (Å²) < 4.78 is 10.9. The summed E-state index contributed by atoms with van der Waals surface area (Å²) in [5.74, 6) is 0.653. The number of fused-ring (bicyclic) bond motifs is 1. The van der Waals surface area contributed by atoms with Crippen LogP contribution in [0.1, 0.15) is 10.4 Å². The molecular formula is C21H14ClN3O5. The Kier molecular flexibility index (Phi) is 5.07. The van der Waals surface area contributed by atoms with Crippen molar-refractivity contribution in [3.05, 3.63) is 81.4 Å². The second-order valence-electron chi connectivity index (χ2n) is 6.31. The molecule has 30 heavy (non-hydrogen) atoms. The number of carbonyl (C=O) groups is 1. The number of methoxy groups -OCH3 is 1. The molecule has 0 saturated carbocycles. The van der Waals surface area contributed by atoms with Crippen molar-refractivity contribution in [2.75, 3.05) is 12.4 Å². The number of ether oxygens (including phenoxy) is 1. The Morgan fingerprint density at radius 2 is 1.90 bits per heavy atom. The van der Waals surface area contributed by atoms with E-state index in [1.165, 1.54) is 12.1 Å². The summed E-state index contributed by atoms with van der Waals surface area (Å²) in [6.45, 7) is 0. The summed E-state index contributed by atoms with van der Waals surface area (Å²) in [7, 11) is 1.59. The van der Waals surface area contributed by atoms with E-state index in [0.29, 0.717) is 22.7 Å². The fourth-order valence-electron chi connectivity index (χ4n) is 2.86. The Morgan fingerprint density at radius 3 is 2.60 bits per heavy atom. The van der Waals surface area contributed by atoms with Crippen LogP contribution in [0.15, 0.2) is 65.1 Å². The van der Waals surface area contributed by atoms with E-state index in [4.69, 9.17) is 20.8 Å². The largest absolute Gasteiger partial charge is 0.497 e. The Balaban J connectivity index is 1.58. The molecule has 0 atom stereocenters. The predicted octanol–water partition coefficient (Wildman–Crippen LogP) is 5.32. The van der Waals surface area contributed by atoms with Gasteiger partial charge in [0, 0.05) is 22.9 Å². The van der Waals surface area contributed by atoms with Crippen molar-refractivity contribution in [1.29, 1.82) is 0 Å². The number of benzene rings is 3. The lowest BCUT2D eigenvalue weighted by Crippen LogP contribution is -2.12. The molecular weight excluding hydrogens is 410 g/mol. The highest BCUT2D eigenvalue weighted by Crippen LogP contribution is 2.28. The number of oxazole rings is 1. The number of aromatic nitrogens is 1. The molecule has 0 fully saturated rings. The molecule has 0 unspecified atom stereocenters. The first-order valence-corrected chi connectivity index (χ1v) is 9.13. The third kappa shape index (κ3) is 3.81. The van der Waals surface area contributed by atoms with Crippen LogP contribution < -0.4 is 10.1 Å². The Morgan fingerprint density at radius 1 is 1.13 bits per heavy atom. The van der Waals surface area contributed by atoms with Crippen LogP contribution in [0.4, 0.5) is 11.4 Å². The van der Waals surface area contributed by atoms with Gasteiger partial charge in [0.05, 0.1) is 12.0 Å². The van der Waals surface area contributed by atoms with Gasteiger partial charge in [-0.05, 0) is 54.6 Å². The number of rotatable bonds is 5. The van der Waals surface area contributed by atoms with E-state index < -0.39 is 10.8 Å². The molecule has 1 amide bonds. The predicted molar refractivity (Wildman–Crippen MR) is 112 cm³/mol. The van der Waals surface area contributed by atoms with Crippen molar-refractivity contribution in [1.82, 2.24) is 4.98 Å². The van der Waals surface area contributed by atoms with Gasteiger partial charge in [0.1, 0.15) is 16.3 Å². The van der Waals surface area contributed by atoms with Gasteiger partial charge < -0.3 is 14.5 Å². The first kappa shape index (κ1) is 19.4. The first-order valence-electron chi connectivity index (χ1n) is 8.75. The minimum Gasteiger partial charge on any atom is -0.497 e. The molecule has 3 aromatic carbocycles. The average molecular weight is 424 g/mol. The van der Waals surface area contributed by atoms with Crippen LogP contribution in [0.25, 0.3) is 22.6 Å². The summed E-state index contributed by atoms with van der Waals surface area (Å²) >= 11 is 5.79.